The molecule has 1 rings (SSSR count). The lowest BCUT2D eigenvalue weighted by Gasteiger charge is -2.13. The lowest BCUT2D eigenvalue weighted by Crippen LogP contribution is -2.37. The van der Waals surface area contributed by atoms with Crippen LogP contribution in [0.2, 0.25) is 0 Å². The molecular formula is C17H30IN3O2. The molecule has 0 unspecified atom stereocenters. The van der Waals surface area contributed by atoms with Crippen LogP contribution in [0.3, 0.4) is 0 Å². The first kappa shape index (κ1) is 22.1. The van der Waals surface area contributed by atoms with Crippen LogP contribution in [-0.4, -0.2) is 46.5 Å². The minimum Gasteiger partial charge on any atom is -0.382 e. The van der Waals surface area contributed by atoms with Crippen LogP contribution in [0.1, 0.15) is 23.1 Å². The van der Waals surface area contributed by atoms with Crippen LogP contribution < -0.4 is 10.6 Å². The Kier molecular flexibility index (Phi) is 13.1. The molecule has 23 heavy (non-hydrogen) atoms. The largest absolute Gasteiger partial charge is 0.382 e. The highest BCUT2D eigenvalue weighted by molar-refractivity contribution is 14.0. The molecule has 0 heterocycles. The van der Waals surface area contributed by atoms with Gasteiger partial charge in [-0.3, -0.25) is 4.99 Å². The average Bonchev–Trinajstić information content (AvgIpc) is 2.51. The second-order valence-electron chi connectivity index (χ2n) is 5.24. The maximum atomic E-state index is 5.42. The summed E-state index contributed by atoms with van der Waals surface area (Å²) in [6, 6.07) is 6.50. The van der Waals surface area contributed by atoms with Crippen molar-refractivity contribution in [2.24, 2.45) is 4.99 Å². The zero-order valence-corrected chi connectivity index (χ0v) is 17.0. The molecule has 2 N–H and O–H groups in total. The molecule has 0 radical (unpaired) electrons. The predicted molar refractivity (Wildman–Crippen MR) is 107 cm³/mol. The molecule has 0 saturated carbocycles. The smallest absolute Gasteiger partial charge is 0.191 e. The molecule has 0 bridgehead atoms. The second kappa shape index (κ2) is 13.6. The van der Waals surface area contributed by atoms with Crippen molar-refractivity contribution >= 4 is 29.9 Å². The van der Waals surface area contributed by atoms with Crippen molar-refractivity contribution in [2.75, 3.05) is 40.5 Å². The van der Waals surface area contributed by atoms with Gasteiger partial charge in [0.2, 0.25) is 0 Å². The number of methoxy groups -OCH3 is 1. The van der Waals surface area contributed by atoms with Crippen LogP contribution in [0.5, 0.6) is 0 Å². The fraction of sp³-hybridized carbons (Fsp3) is 0.588. The van der Waals surface area contributed by atoms with Gasteiger partial charge in [-0.05, 0) is 31.4 Å². The zero-order valence-electron chi connectivity index (χ0n) is 14.6. The van der Waals surface area contributed by atoms with Gasteiger partial charge in [-0.15, -0.1) is 24.0 Å². The monoisotopic (exact) mass is 435 g/mol. The molecule has 1 aromatic rings. The van der Waals surface area contributed by atoms with E-state index in [9.17, 15) is 0 Å². The molecule has 0 aromatic heterocycles. The van der Waals surface area contributed by atoms with Gasteiger partial charge in [0.25, 0.3) is 0 Å². The minimum absolute atomic E-state index is 0. The number of nitrogens with zero attached hydrogens (tertiary/aromatic N) is 1. The van der Waals surface area contributed by atoms with Gasteiger partial charge in [-0.2, -0.15) is 0 Å². The van der Waals surface area contributed by atoms with E-state index < -0.39 is 0 Å². The number of aryl methyl sites for hydroxylation is 2. The highest BCUT2D eigenvalue weighted by atomic mass is 127. The third kappa shape index (κ3) is 9.78. The van der Waals surface area contributed by atoms with Crippen LogP contribution in [-0.2, 0) is 16.0 Å². The molecule has 0 saturated heterocycles. The highest BCUT2D eigenvalue weighted by Crippen LogP contribution is 2.09. The van der Waals surface area contributed by atoms with E-state index in [2.05, 4.69) is 47.7 Å². The van der Waals surface area contributed by atoms with E-state index in [-0.39, 0.29) is 24.0 Å². The van der Waals surface area contributed by atoms with Gasteiger partial charge >= 0.3 is 0 Å². The first-order chi connectivity index (χ1) is 10.7. The van der Waals surface area contributed by atoms with Crippen molar-refractivity contribution in [1.82, 2.24) is 10.6 Å². The average molecular weight is 435 g/mol. The topological polar surface area (TPSA) is 54.9 Å². The Morgan fingerprint density at radius 2 is 1.91 bits per heavy atom. The fourth-order valence-electron chi connectivity index (χ4n) is 2.07. The molecule has 0 aliphatic carbocycles. The van der Waals surface area contributed by atoms with Crippen molar-refractivity contribution < 1.29 is 9.47 Å². The molecule has 0 amide bonds. The number of halogens is 1. The van der Waals surface area contributed by atoms with Crippen LogP contribution in [0, 0.1) is 13.8 Å². The van der Waals surface area contributed by atoms with Gasteiger partial charge in [-0.1, -0.05) is 23.8 Å². The summed E-state index contributed by atoms with van der Waals surface area (Å²) in [7, 11) is 3.46. The van der Waals surface area contributed by atoms with E-state index in [0.29, 0.717) is 13.2 Å². The van der Waals surface area contributed by atoms with Gasteiger partial charge in [0.15, 0.2) is 5.96 Å². The number of rotatable bonds is 9. The molecule has 0 atom stereocenters. The van der Waals surface area contributed by atoms with E-state index in [1.807, 2.05) is 0 Å². The normalized spacial score (nSPS) is 11.0. The molecule has 0 aliphatic heterocycles. The van der Waals surface area contributed by atoms with Gasteiger partial charge in [0.1, 0.15) is 0 Å². The Morgan fingerprint density at radius 1 is 1.13 bits per heavy atom. The second-order valence-corrected chi connectivity index (χ2v) is 5.24. The third-order valence-corrected chi connectivity index (χ3v) is 3.36. The minimum atomic E-state index is 0. The summed E-state index contributed by atoms with van der Waals surface area (Å²) in [5, 5.41) is 6.62. The van der Waals surface area contributed by atoms with E-state index in [0.717, 1.165) is 32.1 Å². The lowest BCUT2D eigenvalue weighted by atomic mass is 10.1. The van der Waals surface area contributed by atoms with Crippen molar-refractivity contribution in [3.63, 3.8) is 0 Å². The van der Waals surface area contributed by atoms with Crippen molar-refractivity contribution in [2.45, 2.75) is 26.8 Å². The quantitative estimate of drug-likeness (QED) is 0.271. The van der Waals surface area contributed by atoms with Crippen LogP contribution in [0.25, 0.3) is 0 Å². The Hall–Kier alpha value is -0.860. The summed E-state index contributed by atoms with van der Waals surface area (Å²) >= 11 is 0. The SMILES string of the molecule is CN=C(NCCCOCCOC)NCc1ccc(C)cc1C.I. The van der Waals surface area contributed by atoms with Gasteiger partial charge in [-0.25, -0.2) is 0 Å². The number of benzene rings is 1. The highest BCUT2D eigenvalue weighted by Gasteiger charge is 2.01. The third-order valence-electron chi connectivity index (χ3n) is 3.36. The molecule has 5 nitrogen and oxygen atoms in total. The van der Waals surface area contributed by atoms with E-state index in [1.165, 1.54) is 16.7 Å². The fourth-order valence-corrected chi connectivity index (χ4v) is 2.07. The maximum absolute atomic E-state index is 5.42. The molecule has 6 heteroatoms. The Bertz CT molecular complexity index is 467. The van der Waals surface area contributed by atoms with Gasteiger partial charge in [0.05, 0.1) is 13.2 Å². The molecule has 1 aromatic carbocycles. The summed E-state index contributed by atoms with van der Waals surface area (Å²) in [6.45, 7) is 7.87. The summed E-state index contributed by atoms with van der Waals surface area (Å²) < 4.78 is 10.3. The molecule has 0 spiro atoms. The van der Waals surface area contributed by atoms with Crippen LogP contribution in [0.4, 0.5) is 0 Å². The Balaban J connectivity index is 0.00000484. The van der Waals surface area contributed by atoms with Crippen LogP contribution >= 0.6 is 24.0 Å². The van der Waals surface area contributed by atoms with Gasteiger partial charge in [0, 0.05) is 33.9 Å². The number of hydrogen-bond donors (Lipinski definition) is 2. The zero-order chi connectivity index (χ0) is 16.2. The van der Waals surface area contributed by atoms with E-state index in [1.54, 1.807) is 14.2 Å². The number of aliphatic imine (C=N–C) groups is 1. The number of hydrogen-bond acceptors (Lipinski definition) is 3. The van der Waals surface area contributed by atoms with E-state index in [4.69, 9.17) is 9.47 Å². The van der Waals surface area contributed by atoms with Crippen LogP contribution in [0.15, 0.2) is 23.2 Å². The number of nitrogens with one attached hydrogen (secondary N) is 2. The first-order valence-corrected chi connectivity index (χ1v) is 7.74. The summed E-state index contributed by atoms with van der Waals surface area (Å²) in [5.74, 6) is 0.817. The first-order valence-electron chi connectivity index (χ1n) is 7.74. The van der Waals surface area contributed by atoms with E-state index >= 15 is 0 Å². The molecular weight excluding hydrogens is 405 g/mol. The maximum Gasteiger partial charge on any atom is 0.191 e. The molecule has 132 valence electrons. The summed E-state index contributed by atoms with van der Waals surface area (Å²) in [5.41, 5.74) is 3.88. The summed E-state index contributed by atoms with van der Waals surface area (Å²) in [4.78, 5) is 4.23. The molecule has 0 fully saturated rings. The van der Waals surface area contributed by atoms with Crippen molar-refractivity contribution in [3.8, 4) is 0 Å². The van der Waals surface area contributed by atoms with Crippen molar-refractivity contribution in [3.05, 3.63) is 34.9 Å². The lowest BCUT2D eigenvalue weighted by molar-refractivity contribution is 0.0698. The number of ether oxygens (including phenoxy) is 2. The van der Waals surface area contributed by atoms with Crippen molar-refractivity contribution in [1.29, 1.82) is 0 Å². The van der Waals surface area contributed by atoms with Gasteiger partial charge < -0.3 is 20.1 Å². The standard InChI is InChI=1S/C17H29N3O2.HI/c1-14-6-7-16(15(2)12-14)13-20-17(18-3)19-8-5-9-22-11-10-21-4;/h6-7,12H,5,8-11,13H2,1-4H3,(H2,18,19,20);1H. The summed E-state index contributed by atoms with van der Waals surface area (Å²) in [6.07, 6.45) is 0.938. The molecule has 0 aliphatic rings. The Morgan fingerprint density at radius 3 is 2.57 bits per heavy atom. The number of guanidine groups is 1. The Labute approximate surface area is 157 Å². The predicted octanol–water partition coefficient (Wildman–Crippen LogP) is 2.64.